The van der Waals surface area contributed by atoms with E-state index in [0.29, 0.717) is 19.6 Å². The Kier molecular flexibility index (Phi) is 5.68. The van der Waals surface area contributed by atoms with Crippen molar-refractivity contribution in [2.75, 3.05) is 19.6 Å². The average molecular weight is 343 g/mol. The van der Waals surface area contributed by atoms with Crippen LogP contribution in [0.5, 0.6) is 0 Å². The second-order valence-electron chi connectivity index (χ2n) is 6.78. The van der Waals surface area contributed by atoms with Crippen LogP contribution in [0.2, 0.25) is 0 Å². The van der Waals surface area contributed by atoms with Gasteiger partial charge in [0.1, 0.15) is 6.54 Å². The fourth-order valence-electron chi connectivity index (χ4n) is 3.61. The normalized spacial score (nSPS) is 19.2. The summed E-state index contributed by atoms with van der Waals surface area (Å²) >= 11 is 0. The summed E-state index contributed by atoms with van der Waals surface area (Å²) in [5, 5.41) is 2.80. The lowest BCUT2D eigenvalue weighted by molar-refractivity contribution is -0.159. The molecule has 1 saturated heterocycles. The molecule has 1 saturated carbocycles. The Morgan fingerprint density at radius 1 is 1.00 bits per heavy atom. The van der Waals surface area contributed by atoms with Gasteiger partial charge in [-0.1, -0.05) is 49.6 Å². The molecule has 1 aliphatic carbocycles. The Bertz CT molecular complexity index is 626. The van der Waals surface area contributed by atoms with E-state index in [1.807, 2.05) is 30.3 Å². The van der Waals surface area contributed by atoms with Crippen molar-refractivity contribution in [2.24, 2.45) is 0 Å². The molecule has 0 radical (unpaired) electrons. The van der Waals surface area contributed by atoms with E-state index in [9.17, 15) is 14.4 Å². The number of nitrogens with one attached hydrogen (secondary N) is 1. The van der Waals surface area contributed by atoms with Crippen LogP contribution < -0.4 is 5.32 Å². The summed E-state index contributed by atoms with van der Waals surface area (Å²) in [7, 11) is 0. The van der Waals surface area contributed by atoms with Crippen LogP contribution in [-0.4, -0.2) is 53.2 Å². The first-order valence-corrected chi connectivity index (χ1v) is 9.05. The fourth-order valence-corrected chi connectivity index (χ4v) is 3.61. The molecule has 6 heteroatoms. The van der Waals surface area contributed by atoms with Gasteiger partial charge >= 0.3 is 11.8 Å². The first kappa shape index (κ1) is 17.5. The van der Waals surface area contributed by atoms with Crippen molar-refractivity contribution in [2.45, 2.75) is 44.7 Å². The zero-order valence-corrected chi connectivity index (χ0v) is 14.4. The van der Waals surface area contributed by atoms with Crippen molar-refractivity contribution in [1.82, 2.24) is 15.1 Å². The number of nitrogens with zero attached hydrogens (tertiary/aromatic N) is 2. The van der Waals surface area contributed by atoms with Gasteiger partial charge in [0.15, 0.2) is 0 Å². The highest BCUT2D eigenvalue weighted by atomic mass is 16.2. The lowest BCUT2D eigenvalue weighted by Crippen LogP contribution is -2.59. The minimum absolute atomic E-state index is 0.0596. The molecule has 0 atom stereocenters. The molecule has 25 heavy (non-hydrogen) atoms. The Labute approximate surface area is 148 Å². The van der Waals surface area contributed by atoms with Crippen molar-refractivity contribution in [3.8, 4) is 0 Å². The third-order valence-electron chi connectivity index (χ3n) is 5.02. The second-order valence-corrected chi connectivity index (χ2v) is 6.78. The zero-order chi connectivity index (χ0) is 17.6. The number of benzene rings is 1. The van der Waals surface area contributed by atoms with Crippen LogP contribution >= 0.6 is 0 Å². The number of amides is 3. The number of hydrogen-bond acceptors (Lipinski definition) is 3. The second kappa shape index (κ2) is 8.14. The summed E-state index contributed by atoms with van der Waals surface area (Å²) in [5.41, 5.74) is 1.00. The predicted octanol–water partition coefficient (Wildman–Crippen LogP) is 1.31. The summed E-state index contributed by atoms with van der Waals surface area (Å²) in [5.74, 6) is -1.24. The van der Waals surface area contributed by atoms with Crippen LogP contribution in [0.4, 0.5) is 0 Å². The first-order valence-electron chi connectivity index (χ1n) is 9.05. The van der Waals surface area contributed by atoms with Gasteiger partial charge in [0.25, 0.3) is 0 Å². The van der Waals surface area contributed by atoms with Crippen molar-refractivity contribution in [3.05, 3.63) is 35.9 Å². The molecular weight excluding hydrogens is 318 g/mol. The van der Waals surface area contributed by atoms with Gasteiger partial charge in [-0.15, -0.1) is 0 Å². The summed E-state index contributed by atoms with van der Waals surface area (Å²) in [6.07, 6.45) is 5.41. The van der Waals surface area contributed by atoms with Gasteiger partial charge in [-0.05, 0) is 18.4 Å². The largest absolute Gasteiger partial charge is 0.350 e. The molecule has 0 spiro atoms. The van der Waals surface area contributed by atoms with E-state index < -0.39 is 11.8 Å². The number of carbonyl (C=O) groups is 3. The monoisotopic (exact) mass is 343 g/mol. The number of carbonyl (C=O) groups excluding carboxylic acids is 3. The molecule has 3 rings (SSSR count). The maximum absolute atomic E-state index is 12.4. The zero-order valence-electron chi connectivity index (χ0n) is 14.4. The molecular formula is C19H25N3O3. The van der Waals surface area contributed by atoms with E-state index in [4.69, 9.17) is 0 Å². The van der Waals surface area contributed by atoms with Gasteiger partial charge in [0.05, 0.1) is 0 Å². The highest BCUT2D eigenvalue weighted by Crippen LogP contribution is 2.24. The van der Waals surface area contributed by atoms with Crippen LogP contribution in [0.1, 0.15) is 37.7 Å². The minimum atomic E-state index is -0.549. The number of rotatable bonds is 5. The fraction of sp³-hybridized carbons (Fsp3) is 0.526. The maximum Gasteiger partial charge on any atom is 0.312 e. The molecule has 1 aromatic carbocycles. The molecule has 2 fully saturated rings. The Balaban J connectivity index is 1.49. The van der Waals surface area contributed by atoms with Crippen LogP contribution in [0.25, 0.3) is 0 Å². The van der Waals surface area contributed by atoms with E-state index in [2.05, 4.69) is 5.32 Å². The smallest absolute Gasteiger partial charge is 0.312 e. The number of hydrogen-bond donors (Lipinski definition) is 1. The molecule has 0 aromatic heterocycles. The summed E-state index contributed by atoms with van der Waals surface area (Å²) in [4.78, 5) is 39.9. The van der Waals surface area contributed by atoms with Gasteiger partial charge in [-0.25, -0.2) is 0 Å². The summed E-state index contributed by atoms with van der Waals surface area (Å²) in [6, 6.07) is 9.79. The third kappa shape index (κ3) is 4.38. The summed E-state index contributed by atoms with van der Waals surface area (Å²) in [6.45, 7) is 1.32. The Morgan fingerprint density at radius 2 is 1.72 bits per heavy atom. The van der Waals surface area contributed by atoms with Crippen LogP contribution in [-0.2, 0) is 20.9 Å². The molecule has 134 valence electrons. The molecule has 2 aliphatic rings. The lowest BCUT2D eigenvalue weighted by atomic mass is 9.93. The van der Waals surface area contributed by atoms with E-state index >= 15 is 0 Å². The Hall–Kier alpha value is -2.37. The molecule has 0 unspecified atom stereocenters. The summed E-state index contributed by atoms with van der Waals surface area (Å²) < 4.78 is 0. The van der Waals surface area contributed by atoms with Crippen molar-refractivity contribution >= 4 is 17.7 Å². The van der Waals surface area contributed by atoms with Gasteiger partial charge in [0.2, 0.25) is 5.91 Å². The van der Waals surface area contributed by atoms with E-state index in [1.165, 1.54) is 11.3 Å². The Morgan fingerprint density at radius 3 is 2.44 bits per heavy atom. The van der Waals surface area contributed by atoms with E-state index in [1.54, 1.807) is 4.90 Å². The highest BCUT2D eigenvalue weighted by Gasteiger charge is 2.37. The van der Waals surface area contributed by atoms with Crippen LogP contribution in [0.3, 0.4) is 0 Å². The highest BCUT2D eigenvalue weighted by molar-refractivity contribution is 6.35. The van der Waals surface area contributed by atoms with Gasteiger partial charge < -0.3 is 15.1 Å². The quantitative estimate of drug-likeness (QED) is 0.820. The third-order valence-corrected chi connectivity index (χ3v) is 5.02. The molecule has 0 bridgehead atoms. The van der Waals surface area contributed by atoms with Gasteiger partial charge in [-0.2, -0.15) is 0 Å². The topological polar surface area (TPSA) is 69.7 Å². The maximum atomic E-state index is 12.4. The molecule has 1 aliphatic heterocycles. The van der Waals surface area contributed by atoms with E-state index in [-0.39, 0.29) is 18.5 Å². The minimum Gasteiger partial charge on any atom is -0.350 e. The van der Waals surface area contributed by atoms with E-state index in [0.717, 1.165) is 31.2 Å². The molecule has 1 N–H and O–H groups in total. The van der Waals surface area contributed by atoms with Crippen molar-refractivity contribution in [1.29, 1.82) is 0 Å². The first-order chi connectivity index (χ1) is 12.1. The van der Waals surface area contributed by atoms with Gasteiger partial charge in [-0.3, -0.25) is 14.4 Å². The molecule has 6 nitrogen and oxygen atoms in total. The molecule has 3 amide bonds. The predicted molar refractivity (Wildman–Crippen MR) is 93.5 cm³/mol. The SMILES string of the molecule is O=C(CN1CCN(C2CCCCC2)C(=O)C1=O)NCc1ccccc1. The molecule has 1 heterocycles. The van der Waals surface area contributed by atoms with Crippen molar-refractivity contribution in [3.63, 3.8) is 0 Å². The van der Waals surface area contributed by atoms with Crippen LogP contribution in [0.15, 0.2) is 30.3 Å². The van der Waals surface area contributed by atoms with Gasteiger partial charge in [0, 0.05) is 25.7 Å². The number of piperazine rings is 1. The van der Waals surface area contributed by atoms with Crippen LogP contribution in [0, 0.1) is 0 Å². The standard InChI is InChI=1S/C19H25N3O3/c23-17(20-13-15-7-3-1-4-8-15)14-21-11-12-22(19(25)18(21)24)16-9-5-2-6-10-16/h1,3-4,7-8,16H,2,5-6,9-14H2,(H,20,23). The lowest BCUT2D eigenvalue weighted by Gasteiger charge is -2.39. The average Bonchev–Trinajstić information content (AvgIpc) is 2.65. The van der Waals surface area contributed by atoms with Crippen molar-refractivity contribution < 1.29 is 14.4 Å². The molecule has 1 aromatic rings.